The third kappa shape index (κ3) is 6.65. The monoisotopic (exact) mass is 368 g/mol. The summed E-state index contributed by atoms with van der Waals surface area (Å²) in [6, 6.07) is 18.1. The number of piperidine rings is 1. The van der Waals surface area contributed by atoms with Crippen molar-refractivity contribution in [3.63, 3.8) is 0 Å². The summed E-state index contributed by atoms with van der Waals surface area (Å²) in [5.41, 5.74) is 2.16. The molecule has 0 unspecified atom stereocenters. The van der Waals surface area contributed by atoms with E-state index in [2.05, 4.69) is 21.9 Å². The van der Waals surface area contributed by atoms with E-state index in [1.165, 1.54) is 37.9 Å². The molecule has 0 aliphatic carbocycles. The number of hydrogen-bond acceptors (Lipinski definition) is 4. The largest absolute Gasteiger partial charge is 0.492 e. The van der Waals surface area contributed by atoms with Crippen LogP contribution in [0.25, 0.3) is 0 Å². The van der Waals surface area contributed by atoms with Gasteiger partial charge in [0.1, 0.15) is 12.4 Å². The Balaban J connectivity index is 1.45. The summed E-state index contributed by atoms with van der Waals surface area (Å²) in [5, 5.41) is 10.4. The van der Waals surface area contributed by atoms with Crippen LogP contribution in [0.5, 0.6) is 5.75 Å². The molecule has 146 valence electrons. The fourth-order valence-electron chi connectivity index (χ4n) is 3.66. The third-order valence-corrected chi connectivity index (χ3v) is 5.14. The van der Waals surface area contributed by atoms with Crippen LogP contribution in [0.15, 0.2) is 54.6 Å². The van der Waals surface area contributed by atoms with Gasteiger partial charge in [0.25, 0.3) is 0 Å². The van der Waals surface area contributed by atoms with Gasteiger partial charge in [0, 0.05) is 19.6 Å². The van der Waals surface area contributed by atoms with Crippen LogP contribution in [-0.4, -0.2) is 54.7 Å². The Morgan fingerprint density at radius 1 is 1.04 bits per heavy atom. The lowest BCUT2D eigenvalue weighted by Crippen LogP contribution is -2.33. The SMILES string of the molecule is CN(Cc1cccc(OCCN2CCCCC2)c1)C[C@H](O)c1ccccc1. The van der Waals surface area contributed by atoms with Crippen molar-refractivity contribution in [3.05, 3.63) is 65.7 Å². The van der Waals surface area contributed by atoms with Gasteiger partial charge in [-0.3, -0.25) is 9.80 Å². The topological polar surface area (TPSA) is 35.9 Å². The van der Waals surface area contributed by atoms with Crippen molar-refractivity contribution in [1.29, 1.82) is 0 Å². The Kier molecular flexibility index (Phi) is 7.69. The van der Waals surface area contributed by atoms with E-state index < -0.39 is 6.10 Å². The fraction of sp³-hybridized carbons (Fsp3) is 0.478. The van der Waals surface area contributed by atoms with Gasteiger partial charge in [0.15, 0.2) is 0 Å². The van der Waals surface area contributed by atoms with Crippen LogP contribution in [0, 0.1) is 0 Å². The molecule has 4 nitrogen and oxygen atoms in total. The van der Waals surface area contributed by atoms with Crippen molar-refractivity contribution < 1.29 is 9.84 Å². The van der Waals surface area contributed by atoms with Gasteiger partial charge >= 0.3 is 0 Å². The average molecular weight is 369 g/mol. The van der Waals surface area contributed by atoms with E-state index in [1.54, 1.807) is 0 Å². The van der Waals surface area contributed by atoms with E-state index in [9.17, 15) is 5.11 Å². The first kappa shape index (κ1) is 19.9. The van der Waals surface area contributed by atoms with E-state index in [0.717, 1.165) is 31.0 Å². The second kappa shape index (κ2) is 10.5. The molecule has 1 atom stereocenters. The molecule has 0 amide bonds. The predicted octanol–water partition coefficient (Wildman–Crippen LogP) is 3.72. The summed E-state index contributed by atoms with van der Waals surface area (Å²) in [6.45, 7) is 5.55. The zero-order valence-corrected chi connectivity index (χ0v) is 16.4. The lowest BCUT2D eigenvalue weighted by Gasteiger charge is -2.26. The van der Waals surface area contributed by atoms with Crippen molar-refractivity contribution in [3.8, 4) is 5.75 Å². The van der Waals surface area contributed by atoms with Crippen molar-refractivity contribution in [2.45, 2.75) is 31.9 Å². The standard InChI is InChI=1S/C23H32N2O2/c1-24(19-23(26)21-10-4-2-5-11-21)18-20-9-8-12-22(17-20)27-16-15-25-13-6-3-7-14-25/h2,4-5,8-12,17,23,26H,3,6-7,13-16,18-19H2,1H3/t23-/m0/s1. The number of likely N-dealkylation sites (N-methyl/N-ethyl adjacent to an activating group) is 1. The van der Waals surface area contributed by atoms with Gasteiger partial charge in [0.2, 0.25) is 0 Å². The maximum atomic E-state index is 10.4. The predicted molar refractivity (Wildman–Crippen MR) is 110 cm³/mol. The molecule has 1 aliphatic rings. The number of nitrogens with zero attached hydrogens (tertiary/aromatic N) is 2. The van der Waals surface area contributed by atoms with Crippen molar-refractivity contribution in [1.82, 2.24) is 9.80 Å². The first-order valence-corrected chi connectivity index (χ1v) is 10.1. The minimum atomic E-state index is -0.472. The first-order valence-electron chi connectivity index (χ1n) is 10.1. The number of aliphatic hydroxyl groups excluding tert-OH is 1. The molecule has 0 aromatic heterocycles. The minimum absolute atomic E-state index is 0.472. The van der Waals surface area contributed by atoms with Crippen LogP contribution in [0.4, 0.5) is 0 Å². The number of benzene rings is 2. The molecule has 1 aliphatic heterocycles. The third-order valence-electron chi connectivity index (χ3n) is 5.14. The molecule has 1 saturated heterocycles. The first-order chi connectivity index (χ1) is 13.2. The van der Waals surface area contributed by atoms with Crippen LogP contribution in [-0.2, 0) is 6.54 Å². The Bertz CT molecular complexity index is 671. The second-order valence-corrected chi connectivity index (χ2v) is 7.52. The number of aliphatic hydroxyl groups is 1. The van der Waals surface area contributed by atoms with E-state index in [1.807, 2.05) is 49.5 Å². The highest BCUT2D eigenvalue weighted by Crippen LogP contribution is 2.18. The van der Waals surface area contributed by atoms with Gasteiger partial charge in [-0.05, 0) is 56.2 Å². The van der Waals surface area contributed by atoms with Gasteiger partial charge in [-0.25, -0.2) is 0 Å². The van der Waals surface area contributed by atoms with Crippen LogP contribution >= 0.6 is 0 Å². The molecule has 3 rings (SSSR count). The van der Waals surface area contributed by atoms with Gasteiger partial charge in [0.05, 0.1) is 6.10 Å². The Morgan fingerprint density at radius 2 is 1.81 bits per heavy atom. The summed E-state index contributed by atoms with van der Waals surface area (Å²) in [7, 11) is 2.04. The molecule has 0 bridgehead atoms. The molecule has 2 aromatic rings. The summed E-state index contributed by atoms with van der Waals surface area (Å²) in [6.07, 6.45) is 3.53. The highest BCUT2D eigenvalue weighted by molar-refractivity contribution is 5.28. The zero-order chi connectivity index (χ0) is 18.9. The molecule has 2 aromatic carbocycles. The zero-order valence-electron chi connectivity index (χ0n) is 16.4. The molecule has 1 N–H and O–H groups in total. The fourth-order valence-corrected chi connectivity index (χ4v) is 3.66. The molecule has 1 heterocycles. The van der Waals surface area contributed by atoms with Gasteiger partial charge in [-0.1, -0.05) is 48.9 Å². The smallest absolute Gasteiger partial charge is 0.119 e. The van der Waals surface area contributed by atoms with Gasteiger partial charge in [-0.2, -0.15) is 0 Å². The summed E-state index contributed by atoms with van der Waals surface area (Å²) < 4.78 is 5.97. The second-order valence-electron chi connectivity index (χ2n) is 7.52. The van der Waals surface area contributed by atoms with Gasteiger partial charge in [-0.15, -0.1) is 0 Å². The molecular formula is C23H32N2O2. The van der Waals surface area contributed by atoms with Crippen LogP contribution in [0.2, 0.25) is 0 Å². The highest BCUT2D eigenvalue weighted by Gasteiger charge is 2.12. The van der Waals surface area contributed by atoms with Crippen molar-refractivity contribution >= 4 is 0 Å². The number of rotatable bonds is 9. The molecule has 0 spiro atoms. The Morgan fingerprint density at radius 3 is 2.59 bits per heavy atom. The summed E-state index contributed by atoms with van der Waals surface area (Å²) in [5.74, 6) is 0.932. The molecule has 0 saturated carbocycles. The number of ether oxygens (including phenoxy) is 1. The molecular weight excluding hydrogens is 336 g/mol. The quantitative estimate of drug-likeness (QED) is 0.732. The minimum Gasteiger partial charge on any atom is -0.492 e. The maximum Gasteiger partial charge on any atom is 0.119 e. The van der Waals surface area contributed by atoms with Crippen LogP contribution < -0.4 is 4.74 Å². The van der Waals surface area contributed by atoms with E-state index >= 15 is 0 Å². The lowest BCUT2D eigenvalue weighted by atomic mass is 10.1. The number of hydrogen-bond donors (Lipinski definition) is 1. The number of likely N-dealkylation sites (tertiary alicyclic amines) is 1. The Hall–Kier alpha value is -1.88. The van der Waals surface area contributed by atoms with Crippen molar-refractivity contribution in [2.75, 3.05) is 39.8 Å². The summed E-state index contributed by atoms with van der Waals surface area (Å²) >= 11 is 0. The van der Waals surface area contributed by atoms with E-state index in [-0.39, 0.29) is 0 Å². The molecule has 27 heavy (non-hydrogen) atoms. The van der Waals surface area contributed by atoms with Crippen LogP contribution in [0.3, 0.4) is 0 Å². The average Bonchev–Trinajstić information content (AvgIpc) is 2.70. The van der Waals surface area contributed by atoms with E-state index in [4.69, 9.17) is 4.74 Å². The molecule has 0 radical (unpaired) electrons. The lowest BCUT2D eigenvalue weighted by molar-refractivity contribution is 0.124. The summed E-state index contributed by atoms with van der Waals surface area (Å²) in [4.78, 5) is 4.64. The maximum absolute atomic E-state index is 10.4. The normalized spacial score (nSPS) is 16.4. The van der Waals surface area contributed by atoms with Gasteiger partial charge < -0.3 is 9.84 Å². The van der Waals surface area contributed by atoms with E-state index in [0.29, 0.717) is 6.54 Å². The molecule has 1 fully saturated rings. The highest BCUT2D eigenvalue weighted by atomic mass is 16.5. The Labute approximate surface area is 163 Å². The van der Waals surface area contributed by atoms with Crippen LogP contribution in [0.1, 0.15) is 36.5 Å². The van der Waals surface area contributed by atoms with Crippen molar-refractivity contribution in [2.24, 2.45) is 0 Å². The molecule has 4 heteroatoms.